The van der Waals surface area contributed by atoms with Gasteiger partial charge in [0.15, 0.2) is 0 Å². The molecule has 4 heteroatoms. The lowest BCUT2D eigenvalue weighted by Gasteiger charge is -2.34. The molecule has 94 valence electrons. The molecule has 2 rings (SSSR count). The lowest BCUT2D eigenvalue weighted by Crippen LogP contribution is -2.50. The molecule has 2 unspecified atom stereocenters. The molecule has 2 atom stereocenters. The Bertz CT molecular complexity index is 369. The topological polar surface area (TPSA) is 41.3 Å². The van der Waals surface area contributed by atoms with Gasteiger partial charge in [0.05, 0.1) is 0 Å². The second-order valence-electron chi connectivity index (χ2n) is 4.74. The van der Waals surface area contributed by atoms with Crippen LogP contribution in [0.5, 0.6) is 0 Å². The van der Waals surface area contributed by atoms with Crippen molar-refractivity contribution >= 4 is 0 Å². The number of hydrogen-bond acceptors (Lipinski definition) is 3. The van der Waals surface area contributed by atoms with Crippen molar-refractivity contribution in [2.24, 2.45) is 5.73 Å². The average molecular weight is 237 g/mol. The van der Waals surface area contributed by atoms with E-state index in [1.54, 1.807) is 6.07 Å². The standard InChI is InChI=1S/C13H20FN3/c1-17-6-5-16-9-12(17)8-13(15)10-3-2-4-11(14)7-10/h2-4,7,12-13,16H,5-6,8-9,15H2,1H3. The van der Waals surface area contributed by atoms with Crippen molar-refractivity contribution in [3.8, 4) is 0 Å². The van der Waals surface area contributed by atoms with E-state index in [1.165, 1.54) is 12.1 Å². The van der Waals surface area contributed by atoms with E-state index in [1.807, 2.05) is 6.07 Å². The Balaban J connectivity index is 1.98. The number of piperazine rings is 1. The van der Waals surface area contributed by atoms with Gasteiger partial charge in [-0.25, -0.2) is 4.39 Å². The first-order valence-electron chi connectivity index (χ1n) is 6.09. The van der Waals surface area contributed by atoms with Crippen LogP contribution in [0.2, 0.25) is 0 Å². The summed E-state index contributed by atoms with van der Waals surface area (Å²) in [6, 6.07) is 6.92. The van der Waals surface area contributed by atoms with Crippen LogP contribution in [0.1, 0.15) is 18.0 Å². The molecule has 3 nitrogen and oxygen atoms in total. The molecule has 0 amide bonds. The number of benzene rings is 1. The predicted octanol–water partition coefficient (Wildman–Crippen LogP) is 1.12. The van der Waals surface area contributed by atoms with Crippen molar-refractivity contribution < 1.29 is 4.39 Å². The Morgan fingerprint density at radius 3 is 3.12 bits per heavy atom. The Kier molecular flexibility index (Phi) is 4.10. The number of hydrogen-bond donors (Lipinski definition) is 2. The van der Waals surface area contributed by atoms with Crippen LogP contribution in [-0.2, 0) is 0 Å². The molecule has 0 radical (unpaired) electrons. The summed E-state index contributed by atoms with van der Waals surface area (Å²) in [6.45, 7) is 3.03. The molecule has 1 aliphatic heterocycles. The molecule has 1 heterocycles. The van der Waals surface area contributed by atoms with E-state index in [4.69, 9.17) is 5.73 Å². The van der Waals surface area contributed by atoms with E-state index in [-0.39, 0.29) is 11.9 Å². The lowest BCUT2D eigenvalue weighted by molar-refractivity contribution is 0.182. The fraction of sp³-hybridized carbons (Fsp3) is 0.538. The maximum atomic E-state index is 13.1. The van der Waals surface area contributed by atoms with E-state index in [0.717, 1.165) is 31.6 Å². The van der Waals surface area contributed by atoms with Gasteiger partial charge < -0.3 is 16.0 Å². The van der Waals surface area contributed by atoms with Gasteiger partial charge in [0.2, 0.25) is 0 Å². The highest BCUT2D eigenvalue weighted by Gasteiger charge is 2.21. The molecular formula is C13H20FN3. The minimum atomic E-state index is -0.215. The van der Waals surface area contributed by atoms with Crippen LogP contribution >= 0.6 is 0 Å². The smallest absolute Gasteiger partial charge is 0.123 e. The van der Waals surface area contributed by atoms with Crippen LogP contribution in [0.4, 0.5) is 4.39 Å². The van der Waals surface area contributed by atoms with Crippen molar-refractivity contribution in [1.29, 1.82) is 0 Å². The van der Waals surface area contributed by atoms with Gasteiger partial charge in [-0.05, 0) is 31.2 Å². The molecule has 1 aromatic rings. The maximum absolute atomic E-state index is 13.1. The van der Waals surface area contributed by atoms with Crippen molar-refractivity contribution in [2.45, 2.75) is 18.5 Å². The number of halogens is 1. The third kappa shape index (κ3) is 3.25. The Morgan fingerprint density at radius 2 is 2.41 bits per heavy atom. The molecule has 1 aliphatic rings. The highest BCUT2D eigenvalue weighted by atomic mass is 19.1. The Morgan fingerprint density at radius 1 is 1.59 bits per heavy atom. The zero-order valence-corrected chi connectivity index (χ0v) is 10.2. The monoisotopic (exact) mass is 237 g/mol. The molecular weight excluding hydrogens is 217 g/mol. The predicted molar refractivity (Wildman–Crippen MR) is 67.2 cm³/mol. The van der Waals surface area contributed by atoms with E-state index < -0.39 is 0 Å². The Hall–Kier alpha value is -0.970. The van der Waals surface area contributed by atoms with Gasteiger partial charge in [-0.3, -0.25) is 0 Å². The Labute approximate surface area is 102 Å². The minimum absolute atomic E-state index is 0.0990. The van der Waals surface area contributed by atoms with Crippen LogP contribution < -0.4 is 11.1 Å². The molecule has 1 aromatic carbocycles. The molecule has 0 saturated carbocycles. The third-order valence-corrected chi connectivity index (χ3v) is 3.45. The van der Waals surface area contributed by atoms with E-state index in [9.17, 15) is 4.39 Å². The first-order chi connectivity index (χ1) is 8.16. The van der Waals surface area contributed by atoms with Gasteiger partial charge in [0, 0.05) is 31.7 Å². The SMILES string of the molecule is CN1CCNCC1CC(N)c1cccc(F)c1. The van der Waals surface area contributed by atoms with Crippen LogP contribution in [0.3, 0.4) is 0 Å². The molecule has 1 saturated heterocycles. The third-order valence-electron chi connectivity index (χ3n) is 3.45. The highest BCUT2D eigenvalue weighted by molar-refractivity contribution is 5.20. The largest absolute Gasteiger partial charge is 0.324 e. The van der Waals surface area contributed by atoms with Crippen LogP contribution in [0.15, 0.2) is 24.3 Å². The van der Waals surface area contributed by atoms with E-state index in [0.29, 0.717) is 6.04 Å². The van der Waals surface area contributed by atoms with Gasteiger partial charge in [-0.2, -0.15) is 0 Å². The fourth-order valence-corrected chi connectivity index (χ4v) is 2.29. The molecule has 1 fully saturated rings. The summed E-state index contributed by atoms with van der Waals surface area (Å²) in [5, 5.41) is 3.36. The summed E-state index contributed by atoms with van der Waals surface area (Å²) in [5.41, 5.74) is 7.01. The molecule has 0 aliphatic carbocycles. The molecule has 0 spiro atoms. The fourth-order valence-electron chi connectivity index (χ4n) is 2.29. The first kappa shape index (κ1) is 12.5. The van der Waals surface area contributed by atoms with Crippen molar-refractivity contribution in [3.63, 3.8) is 0 Å². The minimum Gasteiger partial charge on any atom is -0.324 e. The van der Waals surface area contributed by atoms with Gasteiger partial charge in [0.1, 0.15) is 5.82 Å². The zero-order chi connectivity index (χ0) is 12.3. The number of nitrogens with one attached hydrogen (secondary N) is 1. The summed E-state index contributed by atoms with van der Waals surface area (Å²) in [4.78, 5) is 2.32. The van der Waals surface area contributed by atoms with Gasteiger partial charge in [-0.1, -0.05) is 12.1 Å². The second-order valence-corrected chi connectivity index (χ2v) is 4.74. The average Bonchev–Trinajstić information content (AvgIpc) is 2.32. The molecule has 0 bridgehead atoms. The summed E-state index contributed by atoms with van der Waals surface area (Å²) in [7, 11) is 2.11. The summed E-state index contributed by atoms with van der Waals surface area (Å²) >= 11 is 0. The van der Waals surface area contributed by atoms with Crippen LogP contribution in [0.25, 0.3) is 0 Å². The molecule has 17 heavy (non-hydrogen) atoms. The second kappa shape index (κ2) is 5.58. The van der Waals surface area contributed by atoms with E-state index in [2.05, 4.69) is 17.3 Å². The maximum Gasteiger partial charge on any atom is 0.123 e. The quantitative estimate of drug-likeness (QED) is 0.827. The summed E-state index contributed by atoms with van der Waals surface area (Å²) in [6.07, 6.45) is 0.854. The summed E-state index contributed by atoms with van der Waals surface area (Å²) in [5.74, 6) is -0.215. The van der Waals surface area contributed by atoms with Crippen molar-refractivity contribution in [3.05, 3.63) is 35.6 Å². The number of nitrogens with two attached hydrogens (primary N) is 1. The zero-order valence-electron chi connectivity index (χ0n) is 10.2. The van der Waals surface area contributed by atoms with Crippen molar-refractivity contribution in [1.82, 2.24) is 10.2 Å². The lowest BCUT2D eigenvalue weighted by atomic mass is 9.98. The highest BCUT2D eigenvalue weighted by Crippen LogP contribution is 2.19. The number of likely N-dealkylation sites (N-methyl/N-ethyl adjacent to an activating group) is 1. The molecule has 3 N–H and O–H groups in total. The van der Waals surface area contributed by atoms with E-state index >= 15 is 0 Å². The summed E-state index contributed by atoms with van der Waals surface area (Å²) < 4.78 is 13.1. The first-order valence-corrected chi connectivity index (χ1v) is 6.09. The number of nitrogens with zero attached hydrogens (tertiary/aromatic N) is 1. The van der Waals surface area contributed by atoms with Gasteiger partial charge in [-0.15, -0.1) is 0 Å². The van der Waals surface area contributed by atoms with Crippen molar-refractivity contribution in [2.75, 3.05) is 26.7 Å². The van der Waals surface area contributed by atoms with Gasteiger partial charge >= 0.3 is 0 Å². The normalized spacial score (nSPS) is 23.6. The number of rotatable bonds is 3. The van der Waals surface area contributed by atoms with Crippen LogP contribution in [-0.4, -0.2) is 37.6 Å². The van der Waals surface area contributed by atoms with Gasteiger partial charge in [0.25, 0.3) is 0 Å². The molecule has 0 aromatic heterocycles. The van der Waals surface area contributed by atoms with Crippen LogP contribution in [0, 0.1) is 5.82 Å².